The van der Waals surface area contributed by atoms with Crippen LogP contribution in [-0.2, 0) is 9.53 Å². The van der Waals surface area contributed by atoms with Gasteiger partial charge in [-0.15, -0.1) is 0 Å². The maximum atomic E-state index is 11.5. The molecule has 0 radical (unpaired) electrons. The van der Waals surface area contributed by atoms with Crippen molar-refractivity contribution in [2.45, 2.75) is 39.5 Å². The van der Waals surface area contributed by atoms with Crippen LogP contribution in [0.2, 0.25) is 0 Å². The van der Waals surface area contributed by atoms with Gasteiger partial charge in [-0.2, -0.15) is 0 Å². The summed E-state index contributed by atoms with van der Waals surface area (Å²) in [7, 11) is 0. The van der Waals surface area contributed by atoms with Crippen LogP contribution < -0.4 is 11.1 Å². The molecule has 0 rings (SSSR count). The number of carbonyl (C=O) groups is 1. The van der Waals surface area contributed by atoms with Crippen LogP contribution in [0.5, 0.6) is 0 Å². The highest BCUT2D eigenvalue weighted by atomic mass is 16.5. The number of nitrogens with two attached hydrogens (primary N) is 1. The highest BCUT2D eigenvalue weighted by Crippen LogP contribution is 2.02. The van der Waals surface area contributed by atoms with Crippen LogP contribution in [0.3, 0.4) is 0 Å². The Balaban J connectivity index is 3.40. The molecule has 0 saturated heterocycles. The second kappa shape index (κ2) is 10.9. The predicted molar refractivity (Wildman–Crippen MR) is 66.2 cm³/mol. The molecule has 1 atom stereocenters. The summed E-state index contributed by atoms with van der Waals surface area (Å²) in [6.07, 6.45) is 4.53. The van der Waals surface area contributed by atoms with E-state index in [1.165, 1.54) is 12.8 Å². The van der Waals surface area contributed by atoms with E-state index in [-0.39, 0.29) is 11.9 Å². The summed E-state index contributed by atoms with van der Waals surface area (Å²) in [6, 6.07) is 0. The van der Waals surface area contributed by atoms with Crippen molar-refractivity contribution in [1.29, 1.82) is 0 Å². The molecule has 0 aliphatic heterocycles. The third-order valence-corrected chi connectivity index (χ3v) is 2.42. The van der Waals surface area contributed by atoms with Crippen LogP contribution in [0.4, 0.5) is 0 Å². The van der Waals surface area contributed by atoms with E-state index in [0.29, 0.717) is 19.7 Å². The van der Waals surface area contributed by atoms with Crippen LogP contribution in [0, 0.1) is 5.92 Å². The lowest BCUT2D eigenvalue weighted by atomic mass is 10.2. The summed E-state index contributed by atoms with van der Waals surface area (Å²) < 4.78 is 5.17. The summed E-state index contributed by atoms with van der Waals surface area (Å²) >= 11 is 0. The number of hydrogen-bond donors (Lipinski definition) is 2. The van der Waals surface area contributed by atoms with Gasteiger partial charge in [-0.3, -0.25) is 4.79 Å². The minimum atomic E-state index is -0.110. The molecule has 0 aromatic carbocycles. The normalized spacial score (nSPS) is 12.4. The van der Waals surface area contributed by atoms with E-state index in [2.05, 4.69) is 12.2 Å². The lowest BCUT2D eigenvalue weighted by molar-refractivity contribution is -0.147. The van der Waals surface area contributed by atoms with Gasteiger partial charge in [0.2, 0.25) is 0 Å². The number of rotatable bonds is 10. The minimum absolute atomic E-state index is 0.0854. The average molecular weight is 230 g/mol. The smallest absolute Gasteiger partial charge is 0.309 e. The summed E-state index contributed by atoms with van der Waals surface area (Å²) in [5.41, 5.74) is 5.34. The monoisotopic (exact) mass is 230 g/mol. The molecule has 4 nitrogen and oxygen atoms in total. The predicted octanol–water partition coefficient (Wildman–Crippen LogP) is 1.29. The van der Waals surface area contributed by atoms with E-state index in [1.54, 1.807) is 0 Å². The summed E-state index contributed by atoms with van der Waals surface area (Å²) in [5.74, 6) is -0.196. The van der Waals surface area contributed by atoms with Crippen molar-refractivity contribution in [3.8, 4) is 0 Å². The van der Waals surface area contributed by atoms with Crippen LogP contribution >= 0.6 is 0 Å². The van der Waals surface area contributed by atoms with Crippen molar-refractivity contribution in [2.75, 3.05) is 26.2 Å². The first-order valence-electron chi connectivity index (χ1n) is 6.29. The molecule has 0 heterocycles. The molecule has 16 heavy (non-hydrogen) atoms. The van der Waals surface area contributed by atoms with Gasteiger partial charge in [-0.25, -0.2) is 0 Å². The molecule has 0 bridgehead atoms. The fourth-order valence-corrected chi connectivity index (χ4v) is 1.35. The van der Waals surface area contributed by atoms with Gasteiger partial charge in [0, 0.05) is 19.6 Å². The van der Waals surface area contributed by atoms with E-state index in [1.807, 2.05) is 6.92 Å². The second-order valence-electron chi connectivity index (χ2n) is 4.12. The summed E-state index contributed by atoms with van der Waals surface area (Å²) in [6.45, 7) is 6.58. The Hall–Kier alpha value is -0.610. The zero-order valence-corrected chi connectivity index (χ0v) is 10.6. The van der Waals surface area contributed by atoms with Crippen LogP contribution in [0.25, 0.3) is 0 Å². The largest absolute Gasteiger partial charge is 0.465 e. The van der Waals surface area contributed by atoms with Gasteiger partial charge < -0.3 is 15.8 Å². The molecule has 96 valence electrons. The van der Waals surface area contributed by atoms with Gasteiger partial charge >= 0.3 is 5.97 Å². The molecule has 4 heteroatoms. The number of esters is 1. The molecule has 1 unspecified atom stereocenters. The Labute approximate surface area is 98.9 Å². The van der Waals surface area contributed by atoms with Gasteiger partial charge in [-0.05, 0) is 6.42 Å². The van der Waals surface area contributed by atoms with Gasteiger partial charge in [0.25, 0.3) is 0 Å². The van der Waals surface area contributed by atoms with Gasteiger partial charge in [0.05, 0.1) is 12.5 Å². The molecule has 0 aromatic rings. The third-order valence-electron chi connectivity index (χ3n) is 2.42. The number of unbranched alkanes of at least 4 members (excludes halogenated alkanes) is 3. The molecule has 0 amide bonds. The molecular weight excluding hydrogens is 204 g/mol. The van der Waals surface area contributed by atoms with Crippen LogP contribution in [0.1, 0.15) is 39.5 Å². The summed E-state index contributed by atoms with van der Waals surface area (Å²) in [4.78, 5) is 11.5. The van der Waals surface area contributed by atoms with E-state index in [0.717, 1.165) is 19.4 Å². The molecule has 0 spiro atoms. The molecule has 3 N–H and O–H groups in total. The second-order valence-corrected chi connectivity index (χ2v) is 4.12. The molecule has 0 saturated carbocycles. The highest BCUT2D eigenvalue weighted by Gasteiger charge is 2.13. The first kappa shape index (κ1) is 15.4. The standard InChI is InChI=1S/C12H26N2O2/c1-3-4-5-6-9-16-12(15)11(2)10-14-8-7-13/h11,14H,3-10,13H2,1-2H3. The highest BCUT2D eigenvalue weighted by molar-refractivity contribution is 5.72. The fraction of sp³-hybridized carbons (Fsp3) is 0.917. The molecule has 0 aromatic heterocycles. The van der Waals surface area contributed by atoms with Gasteiger partial charge in [0.1, 0.15) is 0 Å². The number of nitrogens with one attached hydrogen (secondary N) is 1. The lowest BCUT2D eigenvalue weighted by Gasteiger charge is -2.11. The Morgan fingerprint density at radius 1 is 1.38 bits per heavy atom. The quantitative estimate of drug-likeness (QED) is 0.438. The molecule has 0 aliphatic carbocycles. The Bertz CT molecular complexity index is 174. The van der Waals surface area contributed by atoms with Crippen molar-refractivity contribution in [3.63, 3.8) is 0 Å². The molecule has 0 aliphatic rings. The molecular formula is C12H26N2O2. The summed E-state index contributed by atoms with van der Waals surface area (Å²) in [5, 5.41) is 3.10. The number of ether oxygens (including phenoxy) is 1. The van der Waals surface area contributed by atoms with Gasteiger partial charge in [0.15, 0.2) is 0 Å². The van der Waals surface area contributed by atoms with Crippen molar-refractivity contribution in [2.24, 2.45) is 11.7 Å². The minimum Gasteiger partial charge on any atom is -0.465 e. The van der Waals surface area contributed by atoms with E-state index in [4.69, 9.17) is 10.5 Å². The number of hydrogen-bond acceptors (Lipinski definition) is 4. The Kier molecular flexibility index (Phi) is 10.5. The van der Waals surface area contributed by atoms with Gasteiger partial charge in [-0.1, -0.05) is 33.1 Å². The topological polar surface area (TPSA) is 64.3 Å². The number of carbonyl (C=O) groups excluding carboxylic acids is 1. The first-order valence-corrected chi connectivity index (χ1v) is 6.29. The maximum absolute atomic E-state index is 11.5. The zero-order valence-electron chi connectivity index (χ0n) is 10.6. The first-order chi connectivity index (χ1) is 7.72. The average Bonchev–Trinajstić information content (AvgIpc) is 2.28. The van der Waals surface area contributed by atoms with Crippen molar-refractivity contribution >= 4 is 5.97 Å². The van der Waals surface area contributed by atoms with Crippen molar-refractivity contribution in [1.82, 2.24) is 5.32 Å². The molecule has 0 fully saturated rings. The third kappa shape index (κ3) is 8.68. The van der Waals surface area contributed by atoms with Crippen molar-refractivity contribution in [3.05, 3.63) is 0 Å². The fourth-order valence-electron chi connectivity index (χ4n) is 1.35. The zero-order chi connectivity index (χ0) is 12.2. The lowest BCUT2D eigenvalue weighted by Crippen LogP contribution is -2.31. The van der Waals surface area contributed by atoms with E-state index in [9.17, 15) is 4.79 Å². The Morgan fingerprint density at radius 3 is 2.75 bits per heavy atom. The van der Waals surface area contributed by atoms with E-state index < -0.39 is 0 Å². The van der Waals surface area contributed by atoms with Crippen LogP contribution in [0.15, 0.2) is 0 Å². The van der Waals surface area contributed by atoms with E-state index >= 15 is 0 Å². The Morgan fingerprint density at radius 2 is 2.12 bits per heavy atom. The SMILES string of the molecule is CCCCCCOC(=O)C(C)CNCCN. The van der Waals surface area contributed by atoms with Crippen LogP contribution in [-0.4, -0.2) is 32.2 Å². The van der Waals surface area contributed by atoms with Crippen molar-refractivity contribution < 1.29 is 9.53 Å². The maximum Gasteiger partial charge on any atom is 0.309 e.